The van der Waals surface area contributed by atoms with Crippen LogP contribution in [-0.4, -0.2) is 33.6 Å². The highest BCUT2D eigenvalue weighted by Gasteiger charge is 2.35. The lowest BCUT2D eigenvalue weighted by molar-refractivity contribution is -0.129. The number of H-pyrrole nitrogens is 1. The number of halogens is 1. The number of rotatable bonds is 6. The molecule has 1 unspecified atom stereocenters. The van der Waals surface area contributed by atoms with E-state index in [1.54, 1.807) is 12.1 Å². The molecule has 1 amide bonds. The number of tetrazole rings is 1. The van der Waals surface area contributed by atoms with Gasteiger partial charge in [-0.15, -0.1) is 10.2 Å². The fourth-order valence-electron chi connectivity index (χ4n) is 3.67. The van der Waals surface area contributed by atoms with Gasteiger partial charge in [0.25, 0.3) is 0 Å². The lowest BCUT2D eigenvalue weighted by atomic mass is 10.0. The number of hydrogen-bond acceptors (Lipinski definition) is 4. The molecular formula is C24H23FN5O+. The van der Waals surface area contributed by atoms with Crippen molar-refractivity contribution in [1.29, 1.82) is 0 Å². The minimum Gasteiger partial charge on any atom is -0.230 e. The molecule has 3 aromatic carbocycles. The summed E-state index contributed by atoms with van der Waals surface area (Å²) in [7, 11) is 1.92. The molecule has 0 saturated heterocycles. The van der Waals surface area contributed by atoms with Gasteiger partial charge in [-0.25, -0.2) is 13.7 Å². The van der Waals surface area contributed by atoms with Crippen molar-refractivity contribution in [3.63, 3.8) is 0 Å². The van der Waals surface area contributed by atoms with Crippen molar-refractivity contribution < 1.29 is 9.18 Å². The molecule has 1 heterocycles. The first kappa shape index (κ1) is 20.6. The third kappa shape index (κ3) is 4.57. The molecular weight excluding hydrogens is 393 g/mol. The van der Waals surface area contributed by atoms with Gasteiger partial charge in [0.2, 0.25) is 5.82 Å². The lowest BCUT2D eigenvalue weighted by Gasteiger charge is -2.32. The number of carbonyl (C=O) groups is 1. The van der Waals surface area contributed by atoms with Crippen molar-refractivity contribution in [2.75, 3.05) is 7.05 Å². The molecule has 0 bridgehead atoms. The van der Waals surface area contributed by atoms with E-state index in [1.165, 1.54) is 12.1 Å². The standard InChI is InChI=1S/C24H23FN5O/c1-17-5-3-8-22(13-17)30(2,23(31)15-18-9-11-21(25)12-10-18)16-19-6-4-7-20(14-19)24-26-28-29-27-24/h3-14H,15-16H2,1-2H3,(H,26,27,28,29)/q+1. The summed E-state index contributed by atoms with van der Waals surface area (Å²) >= 11 is 0. The third-order valence-electron chi connectivity index (χ3n) is 5.42. The van der Waals surface area contributed by atoms with Crippen LogP contribution in [0, 0.1) is 12.7 Å². The zero-order valence-electron chi connectivity index (χ0n) is 17.4. The smallest absolute Gasteiger partial charge is 0.230 e. The highest BCUT2D eigenvalue weighted by Crippen LogP contribution is 2.28. The molecule has 0 aliphatic carbocycles. The second-order valence-electron chi connectivity index (χ2n) is 7.82. The fourth-order valence-corrected chi connectivity index (χ4v) is 3.67. The summed E-state index contributed by atoms with van der Waals surface area (Å²) in [6.07, 6.45) is 0.204. The molecule has 4 aromatic rings. The van der Waals surface area contributed by atoms with E-state index in [4.69, 9.17) is 0 Å². The van der Waals surface area contributed by atoms with Gasteiger partial charge < -0.3 is 0 Å². The predicted octanol–water partition coefficient (Wildman–Crippen LogP) is 4.22. The molecule has 1 atom stereocenters. The van der Waals surface area contributed by atoms with Gasteiger partial charge in [-0.1, -0.05) is 42.5 Å². The highest BCUT2D eigenvalue weighted by molar-refractivity contribution is 5.89. The van der Waals surface area contributed by atoms with Gasteiger partial charge in [0, 0.05) is 17.2 Å². The number of aromatic amines is 1. The predicted molar refractivity (Wildman–Crippen MR) is 117 cm³/mol. The maximum Gasteiger partial charge on any atom is 0.323 e. The first-order valence-electron chi connectivity index (χ1n) is 9.97. The molecule has 0 radical (unpaired) electrons. The molecule has 31 heavy (non-hydrogen) atoms. The van der Waals surface area contributed by atoms with Crippen molar-refractivity contribution in [2.45, 2.75) is 19.9 Å². The second kappa shape index (κ2) is 8.57. The van der Waals surface area contributed by atoms with Gasteiger partial charge in [-0.3, -0.25) is 0 Å². The summed E-state index contributed by atoms with van der Waals surface area (Å²) in [5.74, 6) is 0.205. The van der Waals surface area contributed by atoms with E-state index in [9.17, 15) is 9.18 Å². The Kier molecular flexibility index (Phi) is 5.68. The molecule has 1 N–H and O–H groups in total. The van der Waals surface area contributed by atoms with Crippen LogP contribution in [0.2, 0.25) is 0 Å². The Hall–Kier alpha value is -3.71. The summed E-state index contributed by atoms with van der Waals surface area (Å²) in [6, 6.07) is 21.8. The lowest BCUT2D eigenvalue weighted by Crippen LogP contribution is -2.50. The second-order valence-corrected chi connectivity index (χ2v) is 7.82. The molecule has 0 aliphatic heterocycles. The minimum absolute atomic E-state index is 0.0159. The summed E-state index contributed by atoms with van der Waals surface area (Å²) < 4.78 is 13.4. The minimum atomic E-state index is -0.314. The summed E-state index contributed by atoms with van der Waals surface area (Å²) in [4.78, 5) is 13.6. The maximum absolute atomic E-state index is 13.6. The summed E-state index contributed by atoms with van der Waals surface area (Å²) in [5, 5.41) is 14.2. The Morgan fingerprint density at radius 2 is 1.77 bits per heavy atom. The number of aromatic nitrogens is 4. The van der Waals surface area contributed by atoms with Gasteiger partial charge in [-0.2, -0.15) is 5.21 Å². The number of likely N-dealkylation sites (N-methyl/N-ethyl adjacent to an activating group) is 1. The van der Waals surface area contributed by atoms with Crippen LogP contribution in [0.3, 0.4) is 0 Å². The average Bonchev–Trinajstić information content (AvgIpc) is 3.30. The van der Waals surface area contributed by atoms with E-state index < -0.39 is 0 Å². The molecule has 0 spiro atoms. The van der Waals surface area contributed by atoms with Gasteiger partial charge in [-0.05, 0) is 47.5 Å². The van der Waals surface area contributed by atoms with Crippen molar-refractivity contribution in [3.05, 3.63) is 95.3 Å². The topological polar surface area (TPSA) is 71.5 Å². The number of hydrogen-bond donors (Lipinski definition) is 1. The molecule has 4 rings (SSSR count). The van der Waals surface area contributed by atoms with Crippen LogP contribution in [0.4, 0.5) is 10.1 Å². The van der Waals surface area contributed by atoms with E-state index in [1.807, 2.05) is 62.5 Å². The van der Waals surface area contributed by atoms with Crippen LogP contribution in [-0.2, 0) is 17.8 Å². The van der Waals surface area contributed by atoms with Crippen molar-refractivity contribution >= 4 is 11.6 Å². The Balaban J connectivity index is 1.70. The number of nitrogens with one attached hydrogen (secondary N) is 1. The van der Waals surface area contributed by atoms with Gasteiger partial charge >= 0.3 is 5.91 Å². The van der Waals surface area contributed by atoms with Crippen LogP contribution in [0.25, 0.3) is 11.4 Å². The number of carbonyl (C=O) groups excluding carboxylic acids is 1. The van der Waals surface area contributed by atoms with Crippen molar-refractivity contribution in [2.24, 2.45) is 0 Å². The zero-order chi connectivity index (χ0) is 21.8. The van der Waals surface area contributed by atoms with Gasteiger partial charge in [0.15, 0.2) is 0 Å². The van der Waals surface area contributed by atoms with Crippen molar-refractivity contribution in [3.8, 4) is 11.4 Å². The number of amides is 1. The average molecular weight is 416 g/mol. The highest BCUT2D eigenvalue weighted by atomic mass is 19.1. The van der Waals surface area contributed by atoms with Crippen LogP contribution in [0.1, 0.15) is 16.7 Å². The SMILES string of the molecule is Cc1cccc([N+](C)(Cc2cccc(-c3nn[nH]n3)c2)C(=O)Cc2ccc(F)cc2)c1. The molecule has 1 aromatic heterocycles. The van der Waals surface area contributed by atoms with E-state index in [-0.39, 0.29) is 22.6 Å². The number of quaternary nitrogens is 1. The van der Waals surface area contributed by atoms with Crippen LogP contribution in [0.15, 0.2) is 72.8 Å². The van der Waals surface area contributed by atoms with Gasteiger partial charge in [0.05, 0.1) is 13.5 Å². The van der Waals surface area contributed by atoms with Crippen molar-refractivity contribution in [1.82, 2.24) is 25.1 Å². The van der Waals surface area contributed by atoms with E-state index in [0.29, 0.717) is 12.4 Å². The van der Waals surface area contributed by atoms with Crippen LogP contribution >= 0.6 is 0 Å². The number of aryl methyl sites for hydroxylation is 1. The molecule has 0 fully saturated rings. The van der Waals surface area contributed by atoms with Gasteiger partial charge in [0.1, 0.15) is 18.0 Å². The Morgan fingerprint density at radius 3 is 2.48 bits per heavy atom. The molecule has 6 nitrogen and oxygen atoms in total. The largest absolute Gasteiger partial charge is 0.323 e. The molecule has 0 saturated carbocycles. The first-order chi connectivity index (χ1) is 14.9. The Labute approximate surface area is 179 Å². The molecule has 0 aliphatic rings. The third-order valence-corrected chi connectivity index (χ3v) is 5.42. The zero-order valence-corrected chi connectivity index (χ0v) is 17.4. The van der Waals surface area contributed by atoms with Crippen LogP contribution in [0.5, 0.6) is 0 Å². The summed E-state index contributed by atoms with van der Waals surface area (Å²) in [5.41, 5.74) is 4.56. The maximum atomic E-state index is 13.6. The fraction of sp³-hybridized carbons (Fsp3) is 0.167. The Bertz CT molecular complexity index is 1190. The van der Waals surface area contributed by atoms with Crippen LogP contribution < -0.4 is 4.48 Å². The number of benzene rings is 3. The van der Waals surface area contributed by atoms with E-state index in [2.05, 4.69) is 20.6 Å². The summed E-state index contributed by atoms with van der Waals surface area (Å²) in [6.45, 7) is 2.46. The number of nitrogens with zero attached hydrogens (tertiary/aromatic N) is 4. The molecule has 156 valence electrons. The normalized spacial score (nSPS) is 13.0. The first-order valence-corrected chi connectivity index (χ1v) is 9.97. The van der Waals surface area contributed by atoms with E-state index >= 15 is 0 Å². The van der Waals surface area contributed by atoms with E-state index in [0.717, 1.165) is 27.9 Å². The Morgan fingerprint density at radius 1 is 1.00 bits per heavy atom. The monoisotopic (exact) mass is 416 g/mol. The quantitative estimate of drug-likeness (QED) is 0.478. The molecule has 7 heteroatoms.